The minimum atomic E-state index is -0.0722. The second-order valence-corrected chi connectivity index (χ2v) is 8.24. The molecule has 0 fully saturated rings. The molecule has 3 aromatic carbocycles. The van der Waals surface area contributed by atoms with Crippen LogP contribution in [0.1, 0.15) is 11.1 Å². The van der Waals surface area contributed by atoms with Gasteiger partial charge in [0.05, 0.1) is 17.4 Å². The lowest BCUT2D eigenvalue weighted by molar-refractivity contribution is 0.764. The summed E-state index contributed by atoms with van der Waals surface area (Å²) in [5, 5.41) is 10.9. The molecular formula is C23H17ClN4OS. The molecule has 0 spiro atoms. The number of para-hydroxylation sites is 1. The van der Waals surface area contributed by atoms with E-state index >= 15 is 0 Å². The summed E-state index contributed by atoms with van der Waals surface area (Å²) in [5.74, 6) is 1.19. The van der Waals surface area contributed by atoms with Crippen LogP contribution < -0.4 is 5.56 Å². The summed E-state index contributed by atoms with van der Waals surface area (Å²) in [5.41, 5.74) is 2.79. The van der Waals surface area contributed by atoms with E-state index in [0.29, 0.717) is 23.5 Å². The van der Waals surface area contributed by atoms with Crippen LogP contribution in [0.15, 0.2) is 88.8 Å². The molecule has 0 aliphatic rings. The van der Waals surface area contributed by atoms with Crippen molar-refractivity contribution in [2.75, 3.05) is 0 Å². The Bertz CT molecular complexity index is 1410. The molecule has 0 radical (unpaired) electrons. The fourth-order valence-corrected chi connectivity index (χ4v) is 4.72. The molecule has 0 bridgehead atoms. The zero-order valence-corrected chi connectivity index (χ0v) is 17.5. The molecule has 0 amide bonds. The van der Waals surface area contributed by atoms with Crippen molar-refractivity contribution < 1.29 is 0 Å². The van der Waals surface area contributed by atoms with Crippen LogP contribution in [0, 0.1) is 0 Å². The molecule has 5 nitrogen and oxygen atoms in total. The number of fused-ring (bicyclic) bond motifs is 3. The lowest BCUT2D eigenvalue weighted by Gasteiger charge is -2.11. The Morgan fingerprint density at radius 1 is 0.867 bits per heavy atom. The van der Waals surface area contributed by atoms with Crippen molar-refractivity contribution in [1.82, 2.24) is 19.2 Å². The average molecular weight is 433 g/mol. The van der Waals surface area contributed by atoms with Gasteiger partial charge in [0, 0.05) is 10.8 Å². The molecule has 0 unspecified atom stereocenters. The molecule has 0 saturated carbocycles. The van der Waals surface area contributed by atoms with E-state index in [9.17, 15) is 4.79 Å². The van der Waals surface area contributed by atoms with Crippen molar-refractivity contribution in [3.63, 3.8) is 0 Å². The smallest absolute Gasteiger partial charge is 0.263 e. The van der Waals surface area contributed by atoms with Crippen LogP contribution in [0.25, 0.3) is 16.7 Å². The summed E-state index contributed by atoms with van der Waals surface area (Å²) in [6.45, 7) is 0.432. The Morgan fingerprint density at radius 3 is 2.43 bits per heavy atom. The van der Waals surface area contributed by atoms with Crippen molar-refractivity contribution in [2.24, 2.45) is 0 Å². The van der Waals surface area contributed by atoms with Gasteiger partial charge in [0.1, 0.15) is 0 Å². The first-order chi connectivity index (χ1) is 14.7. The Hall–Kier alpha value is -3.09. The van der Waals surface area contributed by atoms with Crippen molar-refractivity contribution in [3.8, 4) is 0 Å². The summed E-state index contributed by atoms with van der Waals surface area (Å²) in [7, 11) is 0. The van der Waals surface area contributed by atoms with Crippen molar-refractivity contribution in [1.29, 1.82) is 0 Å². The molecule has 30 heavy (non-hydrogen) atoms. The Morgan fingerprint density at radius 2 is 1.60 bits per heavy atom. The molecule has 0 saturated heterocycles. The molecule has 0 aliphatic carbocycles. The second-order valence-electron chi connectivity index (χ2n) is 6.89. The largest absolute Gasteiger partial charge is 0.272 e. The number of rotatable bonds is 5. The zero-order chi connectivity index (χ0) is 20.5. The second kappa shape index (κ2) is 7.97. The number of hydrogen-bond donors (Lipinski definition) is 0. The molecule has 2 heterocycles. The quantitative estimate of drug-likeness (QED) is 0.365. The maximum Gasteiger partial charge on any atom is 0.263 e. The van der Waals surface area contributed by atoms with E-state index in [4.69, 9.17) is 11.6 Å². The van der Waals surface area contributed by atoms with Gasteiger partial charge in [0.25, 0.3) is 5.56 Å². The fraction of sp³-hybridized carbons (Fsp3) is 0.0870. The van der Waals surface area contributed by atoms with Gasteiger partial charge in [-0.05, 0) is 29.3 Å². The van der Waals surface area contributed by atoms with Crippen LogP contribution in [0.3, 0.4) is 0 Å². The van der Waals surface area contributed by atoms with Gasteiger partial charge in [0.2, 0.25) is 5.78 Å². The van der Waals surface area contributed by atoms with Crippen LogP contribution in [-0.4, -0.2) is 19.2 Å². The lowest BCUT2D eigenvalue weighted by atomic mass is 10.2. The summed E-state index contributed by atoms with van der Waals surface area (Å²) in [6, 6.07) is 25.2. The van der Waals surface area contributed by atoms with Crippen molar-refractivity contribution in [2.45, 2.75) is 17.5 Å². The molecule has 7 heteroatoms. The van der Waals surface area contributed by atoms with Gasteiger partial charge in [-0.3, -0.25) is 13.8 Å². The van der Waals surface area contributed by atoms with E-state index in [1.807, 2.05) is 83.3 Å². The number of halogens is 1. The summed E-state index contributed by atoms with van der Waals surface area (Å²) in [4.78, 5) is 13.2. The van der Waals surface area contributed by atoms with Crippen molar-refractivity contribution in [3.05, 3.63) is 105 Å². The maximum atomic E-state index is 13.2. The highest BCUT2D eigenvalue weighted by molar-refractivity contribution is 7.98. The molecule has 0 aliphatic heterocycles. The van der Waals surface area contributed by atoms with Gasteiger partial charge in [-0.25, -0.2) is 0 Å². The van der Waals surface area contributed by atoms with E-state index in [1.165, 1.54) is 0 Å². The van der Waals surface area contributed by atoms with Crippen LogP contribution in [0.5, 0.6) is 0 Å². The van der Waals surface area contributed by atoms with Crippen LogP contribution in [-0.2, 0) is 12.3 Å². The van der Waals surface area contributed by atoms with Gasteiger partial charge in [0.15, 0.2) is 5.16 Å². The number of benzene rings is 3. The third-order valence-electron chi connectivity index (χ3n) is 4.98. The maximum absolute atomic E-state index is 13.2. The number of aromatic nitrogens is 4. The molecule has 0 N–H and O–H groups in total. The van der Waals surface area contributed by atoms with Gasteiger partial charge in [-0.15, -0.1) is 10.2 Å². The average Bonchev–Trinajstić information content (AvgIpc) is 3.21. The van der Waals surface area contributed by atoms with E-state index in [0.717, 1.165) is 26.8 Å². The molecule has 2 aromatic heterocycles. The molecule has 0 atom stereocenters. The minimum Gasteiger partial charge on any atom is -0.272 e. The third-order valence-corrected chi connectivity index (χ3v) is 6.32. The summed E-state index contributed by atoms with van der Waals surface area (Å²) < 4.78 is 3.64. The van der Waals surface area contributed by atoms with Crippen LogP contribution in [0.4, 0.5) is 0 Å². The standard InChI is InChI=1S/C23H17ClN4OS/c24-19-12-6-4-10-17(19)15-30-23-26-25-22-27(14-16-8-2-1-3-9-16)21(29)18-11-5-7-13-20(18)28(22)23/h1-13H,14-15H2. The van der Waals surface area contributed by atoms with Gasteiger partial charge in [-0.1, -0.05) is 84.0 Å². The van der Waals surface area contributed by atoms with E-state index < -0.39 is 0 Å². The number of hydrogen-bond acceptors (Lipinski definition) is 4. The highest BCUT2D eigenvalue weighted by atomic mass is 35.5. The summed E-state index contributed by atoms with van der Waals surface area (Å²) in [6.07, 6.45) is 0. The number of thioether (sulfide) groups is 1. The summed E-state index contributed by atoms with van der Waals surface area (Å²) >= 11 is 7.86. The van der Waals surface area contributed by atoms with Gasteiger partial charge in [-0.2, -0.15) is 0 Å². The molecule has 5 rings (SSSR count). The molecular weight excluding hydrogens is 416 g/mol. The highest BCUT2D eigenvalue weighted by Crippen LogP contribution is 2.27. The predicted octanol–water partition coefficient (Wildman–Crippen LogP) is 5.04. The molecule has 148 valence electrons. The predicted molar refractivity (Wildman–Crippen MR) is 121 cm³/mol. The Labute approximate surface area is 182 Å². The van der Waals surface area contributed by atoms with Gasteiger partial charge >= 0.3 is 0 Å². The van der Waals surface area contributed by atoms with E-state index in [2.05, 4.69) is 10.2 Å². The fourth-order valence-electron chi connectivity index (χ4n) is 3.49. The highest BCUT2D eigenvalue weighted by Gasteiger charge is 2.17. The SMILES string of the molecule is O=c1c2ccccc2n2c(SCc3ccccc3Cl)nnc2n1Cc1ccccc1. The topological polar surface area (TPSA) is 52.2 Å². The molecule has 5 aromatic rings. The van der Waals surface area contributed by atoms with E-state index in [1.54, 1.807) is 16.3 Å². The number of nitrogens with zero attached hydrogens (tertiary/aromatic N) is 4. The Balaban J connectivity index is 1.65. The monoisotopic (exact) mass is 432 g/mol. The lowest BCUT2D eigenvalue weighted by Crippen LogP contribution is -2.24. The van der Waals surface area contributed by atoms with Crippen molar-refractivity contribution >= 4 is 40.0 Å². The first-order valence-corrected chi connectivity index (χ1v) is 10.9. The third kappa shape index (κ3) is 3.38. The van der Waals surface area contributed by atoms with Crippen LogP contribution in [0.2, 0.25) is 5.02 Å². The van der Waals surface area contributed by atoms with Crippen LogP contribution >= 0.6 is 23.4 Å². The zero-order valence-electron chi connectivity index (χ0n) is 15.9. The normalized spacial score (nSPS) is 11.4. The Kier molecular flexibility index (Phi) is 5.02. The van der Waals surface area contributed by atoms with E-state index in [-0.39, 0.29) is 5.56 Å². The first kappa shape index (κ1) is 18.9. The van der Waals surface area contributed by atoms with Gasteiger partial charge < -0.3 is 0 Å². The first-order valence-electron chi connectivity index (χ1n) is 9.49. The minimum absolute atomic E-state index is 0.0722.